The number of carbonyl (C=O) groups is 2. The van der Waals surface area contributed by atoms with Crippen molar-refractivity contribution in [3.8, 4) is 0 Å². The van der Waals surface area contributed by atoms with Gasteiger partial charge in [-0.25, -0.2) is 4.79 Å². The first-order valence-corrected chi connectivity index (χ1v) is 9.57. The summed E-state index contributed by atoms with van der Waals surface area (Å²) < 4.78 is 0. The van der Waals surface area contributed by atoms with Crippen molar-refractivity contribution in [2.45, 2.75) is 71.3 Å². The van der Waals surface area contributed by atoms with E-state index in [-0.39, 0.29) is 11.8 Å². The molecule has 2 aliphatic rings. The Bertz CT molecular complexity index is 564. The first-order valence-electron chi connectivity index (χ1n) is 9.57. The highest BCUT2D eigenvalue weighted by atomic mass is 16.4. The summed E-state index contributed by atoms with van der Waals surface area (Å²) >= 11 is 0. The highest BCUT2D eigenvalue weighted by Crippen LogP contribution is 2.30. The molecule has 0 aliphatic heterocycles. The average Bonchev–Trinajstić information content (AvgIpc) is 2.62. The Kier molecular flexibility index (Phi) is 7.48. The van der Waals surface area contributed by atoms with E-state index in [4.69, 9.17) is 0 Å². The van der Waals surface area contributed by atoms with Crippen molar-refractivity contribution < 1.29 is 14.7 Å². The molecule has 138 valence electrons. The van der Waals surface area contributed by atoms with Gasteiger partial charge in [-0.2, -0.15) is 0 Å². The molecule has 2 atom stereocenters. The van der Waals surface area contributed by atoms with E-state index in [0.29, 0.717) is 12.3 Å². The van der Waals surface area contributed by atoms with Crippen LogP contribution >= 0.6 is 0 Å². The van der Waals surface area contributed by atoms with Crippen LogP contribution in [0.2, 0.25) is 0 Å². The highest BCUT2D eigenvalue weighted by molar-refractivity contribution is 5.85. The molecule has 2 unspecified atom stereocenters. The molecule has 2 aliphatic carbocycles. The van der Waals surface area contributed by atoms with E-state index < -0.39 is 12.0 Å². The van der Waals surface area contributed by atoms with Gasteiger partial charge in [-0.05, 0) is 50.9 Å². The lowest BCUT2D eigenvalue weighted by Crippen LogP contribution is -2.44. The van der Waals surface area contributed by atoms with Crippen molar-refractivity contribution in [3.05, 3.63) is 35.5 Å². The van der Waals surface area contributed by atoms with Gasteiger partial charge in [-0.15, -0.1) is 0 Å². The number of carboxylic acids is 1. The molecule has 0 saturated heterocycles. The number of amides is 1. The van der Waals surface area contributed by atoms with Crippen molar-refractivity contribution >= 4 is 11.9 Å². The predicted octanol–water partition coefficient (Wildman–Crippen LogP) is 4.39. The van der Waals surface area contributed by atoms with Crippen molar-refractivity contribution in [2.24, 2.45) is 11.8 Å². The summed E-state index contributed by atoms with van der Waals surface area (Å²) in [6.07, 6.45) is 15.3. The normalized spacial score (nSPS) is 22.7. The van der Waals surface area contributed by atoms with E-state index in [1.54, 1.807) is 0 Å². The molecule has 1 amide bonds. The Morgan fingerprint density at radius 1 is 1.32 bits per heavy atom. The zero-order valence-corrected chi connectivity index (χ0v) is 15.5. The Hall–Kier alpha value is -1.84. The fraction of sp³-hybridized carbons (Fsp3) is 0.619. The number of hydrogen-bond donors (Lipinski definition) is 2. The molecular weight excluding hydrogens is 314 g/mol. The maximum atomic E-state index is 12.5. The van der Waals surface area contributed by atoms with Gasteiger partial charge in [0.2, 0.25) is 5.91 Å². The van der Waals surface area contributed by atoms with E-state index in [9.17, 15) is 14.7 Å². The zero-order chi connectivity index (χ0) is 18.2. The third kappa shape index (κ3) is 6.18. The minimum absolute atomic E-state index is 0.0591. The summed E-state index contributed by atoms with van der Waals surface area (Å²) in [6.45, 7) is 4.41. The van der Waals surface area contributed by atoms with Gasteiger partial charge in [0.25, 0.3) is 0 Å². The van der Waals surface area contributed by atoms with Crippen LogP contribution in [0, 0.1) is 11.8 Å². The quantitative estimate of drug-likeness (QED) is 0.673. The first kappa shape index (κ1) is 19.5. The maximum absolute atomic E-state index is 12.5. The van der Waals surface area contributed by atoms with Gasteiger partial charge in [0.1, 0.15) is 6.04 Å². The number of carbonyl (C=O) groups excluding carboxylic acids is 1. The van der Waals surface area contributed by atoms with E-state index in [1.807, 2.05) is 12.2 Å². The van der Waals surface area contributed by atoms with E-state index in [0.717, 1.165) is 50.5 Å². The second-order valence-corrected chi connectivity index (χ2v) is 7.38. The van der Waals surface area contributed by atoms with Crippen LogP contribution in [-0.4, -0.2) is 23.0 Å². The number of hydrogen-bond acceptors (Lipinski definition) is 2. The van der Waals surface area contributed by atoms with E-state index in [2.05, 4.69) is 31.3 Å². The fourth-order valence-electron chi connectivity index (χ4n) is 3.51. The number of aliphatic carboxylic acids is 1. The molecule has 0 heterocycles. The van der Waals surface area contributed by atoms with Crippen LogP contribution in [0.3, 0.4) is 0 Å². The van der Waals surface area contributed by atoms with Crippen LogP contribution in [0.15, 0.2) is 35.5 Å². The molecular formula is C21H31NO3. The number of allylic oxidation sites excluding steroid dienone is 5. The Balaban J connectivity index is 1.87. The molecule has 0 aromatic carbocycles. The van der Waals surface area contributed by atoms with Crippen molar-refractivity contribution in [1.82, 2.24) is 5.32 Å². The standard InChI is InChI=1S/C21H31NO3/c1-3-15(2)13-17-9-11-18(12-10-17)20(23)22-19(21(24)25)14-16-7-5-4-6-8-16/h4-5,7,13,15,18-19H,3,6,8-12,14H2,1-2H3,(H,22,23)(H,24,25). The summed E-state index contributed by atoms with van der Waals surface area (Å²) in [4.78, 5) is 24.0. The molecule has 2 rings (SSSR count). The van der Waals surface area contributed by atoms with Crippen LogP contribution < -0.4 is 5.32 Å². The minimum Gasteiger partial charge on any atom is -0.480 e. The van der Waals surface area contributed by atoms with Crippen LogP contribution in [0.4, 0.5) is 0 Å². The molecule has 0 spiro atoms. The Morgan fingerprint density at radius 2 is 2.04 bits per heavy atom. The third-order valence-corrected chi connectivity index (χ3v) is 5.34. The second-order valence-electron chi connectivity index (χ2n) is 7.38. The molecule has 4 nitrogen and oxygen atoms in total. The van der Waals surface area contributed by atoms with Gasteiger partial charge in [-0.3, -0.25) is 4.79 Å². The topological polar surface area (TPSA) is 66.4 Å². The molecule has 2 N–H and O–H groups in total. The van der Waals surface area contributed by atoms with Gasteiger partial charge in [0.05, 0.1) is 0 Å². The number of nitrogens with one attached hydrogen (secondary N) is 1. The van der Waals surface area contributed by atoms with Gasteiger partial charge in [-0.1, -0.05) is 55.7 Å². The van der Waals surface area contributed by atoms with Gasteiger partial charge >= 0.3 is 5.97 Å². The molecule has 4 heteroatoms. The van der Waals surface area contributed by atoms with Gasteiger partial charge in [0.15, 0.2) is 0 Å². The molecule has 0 bridgehead atoms. The molecule has 0 radical (unpaired) electrons. The number of carboxylic acid groups (broad SMARTS) is 1. The van der Waals surface area contributed by atoms with Crippen molar-refractivity contribution in [2.75, 3.05) is 0 Å². The summed E-state index contributed by atoms with van der Waals surface area (Å²) in [6, 6.07) is -0.817. The molecule has 0 aromatic rings. The van der Waals surface area contributed by atoms with E-state index in [1.165, 1.54) is 5.57 Å². The monoisotopic (exact) mass is 345 g/mol. The molecule has 1 saturated carbocycles. The minimum atomic E-state index is -0.947. The van der Waals surface area contributed by atoms with Gasteiger partial charge < -0.3 is 10.4 Å². The van der Waals surface area contributed by atoms with Crippen LogP contribution in [0.25, 0.3) is 0 Å². The maximum Gasteiger partial charge on any atom is 0.326 e. The van der Waals surface area contributed by atoms with E-state index >= 15 is 0 Å². The van der Waals surface area contributed by atoms with Crippen LogP contribution in [-0.2, 0) is 9.59 Å². The predicted molar refractivity (Wildman–Crippen MR) is 100 cm³/mol. The lowest BCUT2D eigenvalue weighted by Gasteiger charge is -2.26. The summed E-state index contributed by atoms with van der Waals surface area (Å²) in [5.74, 6) is -0.510. The molecule has 1 fully saturated rings. The SMILES string of the molecule is CCC(C)C=C1CCC(C(=O)NC(CC2=CC=CCC2)C(=O)O)CC1. The number of rotatable bonds is 7. The first-order chi connectivity index (χ1) is 12.0. The lowest BCUT2D eigenvalue weighted by molar-refractivity contribution is -0.142. The Labute approximate surface area is 151 Å². The van der Waals surface area contributed by atoms with Gasteiger partial charge in [0, 0.05) is 5.92 Å². The molecule has 25 heavy (non-hydrogen) atoms. The second kappa shape index (κ2) is 9.59. The third-order valence-electron chi connectivity index (χ3n) is 5.34. The average molecular weight is 345 g/mol. The smallest absolute Gasteiger partial charge is 0.326 e. The highest BCUT2D eigenvalue weighted by Gasteiger charge is 2.28. The summed E-state index contributed by atoms with van der Waals surface area (Å²) in [5.41, 5.74) is 2.55. The largest absolute Gasteiger partial charge is 0.480 e. The van der Waals surface area contributed by atoms with Crippen molar-refractivity contribution in [3.63, 3.8) is 0 Å². The zero-order valence-electron chi connectivity index (χ0n) is 15.5. The fourth-order valence-corrected chi connectivity index (χ4v) is 3.51. The lowest BCUT2D eigenvalue weighted by atomic mass is 9.83. The van der Waals surface area contributed by atoms with Crippen LogP contribution in [0.5, 0.6) is 0 Å². The molecule has 0 aromatic heterocycles. The summed E-state index contributed by atoms with van der Waals surface area (Å²) in [7, 11) is 0. The van der Waals surface area contributed by atoms with Crippen LogP contribution in [0.1, 0.15) is 65.2 Å². The van der Waals surface area contributed by atoms with Crippen molar-refractivity contribution in [1.29, 1.82) is 0 Å². The summed E-state index contributed by atoms with van der Waals surface area (Å²) in [5, 5.41) is 12.2. The Morgan fingerprint density at radius 3 is 2.60 bits per heavy atom.